The predicted octanol–water partition coefficient (Wildman–Crippen LogP) is 2.16. The number of nitrogens with zero attached hydrogens (tertiary/aromatic N) is 3. The number of imidazole rings is 1. The lowest BCUT2D eigenvalue weighted by molar-refractivity contribution is -0.368. The molecule has 1 aromatic carbocycles. The summed E-state index contributed by atoms with van der Waals surface area (Å²) in [6, 6.07) is 3.71. The van der Waals surface area contributed by atoms with Crippen molar-refractivity contribution in [2.45, 2.75) is 50.9 Å². The second-order valence-electron chi connectivity index (χ2n) is 7.68. The molecule has 3 aromatic rings. The van der Waals surface area contributed by atoms with Crippen LogP contribution in [0.2, 0.25) is 0 Å². The number of carboxylic acids is 1. The molecule has 2 aromatic heterocycles. The van der Waals surface area contributed by atoms with Gasteiger partial charge in [-0.25, -0.2) is 4.98 Å². The number of fused-ring (bicyclic) bond motifs is 2. The molecule has 0 bridgehead atoms. The third-order valence-electron chi connectivity index (χ3n) is 5.32. The first-order valence-electron chi connectivity index (χ1n) is 12.7. The topological polar surface area (TPSA) is 113 Å². The van der Waals surface area contributed by atoms with Crippen LogP contribution in [0.15, 0.2) is 42.5 Å². The standard InChI is InChI=1S/C21H27N5.C2HF3O2/c22-12-3-4-14-26(15-20-24-17-9-1-2-10-18(17)25-20)19-11-5-7-16-8-6-13-23-21(16)19;3-2(4,5)1(6)7/h1-2,6,8-10,13,19H,3-5,7,11-12,14-15,22H2,(H,24,25);(H,6,7)/t19-;/m0./s1/i1D,2D,9D,10D;. The average molecular weight is 468 g/mol. The Labute approximate surface area is 195 Å². The van der Waals surface area contributed by atoms with Gasteiger partial charge in [0, 0.05) is 6.20 Å². The Morgan fingerprint density at radius 2 is 2.09 bits per heavy atom. The predicted molar refractivity (Wildman–Crippen MR) is 114 cm³/mol. The van der Waals surface area contributed by atoms with Crippen molar-refractivity contribution in [3.8, 4) is 0 Å². The minimum Gasteiger partial charge on any atom is -0.542 e. The highest BCUT2D eigenvalue weighted by Gasteiger charge is 2.29. The number of pyridine rings is 1. The summed E-state index contributed by atoms with van der Waals surface area (Å²) in [5, 5.41) is 8.78. The van der Waals surface area contributed by atoms with Crippen LogP contribution < -0.4 is 10.8 Å². The van der Waals surface area contributed by atoms with Crippen LogP contribution >= 0.6 is 0 Å². The van der Waals surface area contributed by atoms with E-state index >= 15 is 0 Å². The van der Waals surface area contributed by atoms with Crippen molar-refractivity contribution in [1.82, 2.24) is 19.9 Å². The minimum atomic E-state index is -5.19. The van der Waals surface area contributed by atoms with Crippen molar-refractivity contribution in [2.75, 3.05) is 13.1 Å². The molecule has 7 nitrogen and oxygen atoms in total. The highest BCUT2D eigenvalue weighted by atomic mass is 19.4. The summed E-state index contributed by atoms with van der Waals surface area (Å²) < 4.78 is 63.7. The van der Waals surface area contributed by atoms with Crippen LogP contribution in [0.25, 0.3) is 11.0 Å². The molecule has 178 valence electrons. The van der Waals surface area contributed by atoms with Crippen molar-refractivity contribution in [3.05, 3.63) is 59.6 Å². The number of benzene rings is 1. The quantitative estimate of drug-likeness (QED) is 0.517. The summed E-state index contributed by atoms with van der Waals surface area (Å²) in [6.07, 6.45) is 1.96. The second-order valence-corrected chi connectivity index (χ2v) is 7.68. The molecule has 1 atom stereocenters. The number of hydrogen-bond acceptors (Lipinski definition) is 5. The Hall–Kier alpha value is -2.98. The SMILES string of the molecule is O=C([O-])C(F)(F)F.[2H]c1c([2H])c([2H])c2[nH]c(CN(CCCC[NH3+])[C@H]3CCCc4cccnc43)nc2c1[2H]. The van der Waals surface area contributed by atoms with Gasteiger partial charge in [-0.2, -0.15) is 13.2 Å². The number of carboxylic acid groups (broad SMARTS) is 1. The zero-order valence-corrected chi connectivity index (χ0v) is 18.0. The third-order valence-corrected chi connectivity index (χ3v) is 5.32. The summed E-state index contributed by atoms with van der Waals surface area (Å²) in [5.41, 5.74) is 7.07. The molecule has 0 unspecified atom stereocenters. The van der Waals surface area contributed by atoms with Gasteiger partial charge in [-0.1, -0.05) is 18.2 Å². The summed E-state index contributed by atoms with van der Waals surface area (Å²) in [5.74, 6) is -2.35. The van der Waals surface area contributed by atoms with Gasteiger partial charge >= 0.3 is 6.18 Å². The van der Waals surface area contributed by atoms with E-state index in [1.807, 2.05) is 12.3 Å². The number of para-hydroxylation sites is 2. The number of hydrogen-bond donors (Lipinski definition) is 2. The first kappa shape index (κ1) is 19.5. The number of carbonyl (C=O) groups is 1. The lowest BCUT2D eigenvalue weighted by Gasteiger charge is -2.34. The monoisotopic (exact) mass is 467 g/mol. The molecule has 33 heavy (non-hydrogen) atoms. The van der Waals surface area contributed by atoms with E-state index in [1.165, 1.54) is 5.56 Å². The van der Waals surface area contributed by atoms with Crippen LogP contribution in [-0.4, -0.2) is 45.1 Å². The number of aromatic amines is 1. The fourth-order valence-electron chi connectivity index (χ4n) is 3.83. The lowest BCUT2D eigenvalue weighted by Crippen LogP contribution is -2.50. The van der Waals surface area contributed by atoms with E-state index in [0.29, 0.717) is 23.4 Å². The number of rotatable bonds is 7. The van der Waals surface area contributed by atoms with Gasteiger partial charge in [0.05, 0.1) is 41.3 Å². The minimum absolute atomic E-state index is 0.0713. The number of alkyl halides is 3. The maximum Gasteiger partial charge on any atom is 0.430 e. The van der Waals surface area contributed by atoms with Crippen molar-refractivity contribution < 1.29 is 34.3 Å². The Bertz CT molecular complexity index is 1210. The molecular weight excluding hydrogens is 435 g/mol. The molecule has 0 saturated carbocycles. The van der Waals surface area contributed by atoms with Gasteiger partial charge < -0.3 is 20.6 Å². The van der Waals surface area contributed by atoms with E-state index in [4.69, 9.17) is 20.4 Å². The molecule has 2 heterocycles. The molecule has 0 aliphatic heterocycles. The maximum atomic E-state index is 10.5. The van der Waals surface area contributed by atoms with Crippen molar-refractivity contribution in [1.29, 1.82) is 0 Å². The zero-order chi connectivity index (χ0) is 27.3. The molecule has 0 saturated heterocycles. The van der Waals surface area contributed by atoms with Crippen LogP contribution in [0.4, 0.5) is 13.2 Å². The lowest BCUT2D eigenvalue weighted by atomic mass is 9.90. The maximum absolute atomic E-state index is 10.5. The summed E-state index contributed by atoms with van der Waals surface area (Å²) in [6.45, 7) is 2.34. The Kier molecular flexibility index (Phi) is 6.64. The highest BCUT2D eigenvalue weighted by Crippen LogP contribution is 2.33. The van der Waals surface area contributed by atoms with Gasteiger partial charge in [0.25, 0.3) is 0 Å². The Morgan fingerprint density at radius 3 is 2.82 bits per heavy atom. The molecule has 10 heteroatoms. The number of unbranched alkanes of at least 4 members (excludes halogenated alkanes) is 1. The summed E-state index contributed by atoms with van der Waals surface area (Å²) in [4.78, 5) is 23.6. The van der Waals surface area contributed by atoms with E-state index in [2.05, 4.69) is 26.7 Å². The molecule has 0 amide bonds. The summed E-state index contributed by atoms with van der Waals surface area (Å²) in [7, 11) is 0. The van der Waals surface area contributed by atoms with Gasteiger partial charge in [0.15, 0.2) is 0 Å². The molecule has 0 spiro atoms. The van der Waals surface area contributed by atoms with E-state index in [0.717, 1.165) is 50.9 Å². The average Bonchev–Trinajstić information content (AvgIpc) is 3.29. The van der Waals surface area contributed by atoms with E-state index < -0.39 is 12.1 Å². The number of aliphatic carboxylic acids is 1. The Morgan fingerprint density at radius 1 is 1.33 bits per heavy atom. The molecule has 4 N–H and O–H groups in total. The van der Waals surface area contributed by atoms with Gasteiger partial charge in [-0.05, 0) is 62.4 Å². The van der Waals surface area contributed by atoms with E-state index in [1.54, 1.807) is 0 Å². The fourth-order valence-corrected chi connectivity index (χ4v) is 3.83. The normalized spacial score (nSPS) is 17.4. The molecule has 1 aliphatic carbocycles. The molecule has 1 aliphatic rings. The second kappa shape index (κ2) is 11.2. The largest absolute Gasteiger partial charge is 0.542 e. The number of aromatic nitrogens is 3. The highest BCUT2D eigenvalue weighted by molar-refractivity contribution is 5.74. The third kappa shape index (κ3) is 6.75. The van der Waals surface area contributed by atoms with Crippen molar-refractivity contribution >= 4 is 17.0 Å². The van der Waals surface area contributed by atoms with Gasteiger partial charge in [-0.3, -0.25) is 9.88 Å². The number of carbonyl (C=O) groups excluding carboxylic acids is 1. The van der Waals surface area contributed by atoms with Crippen molar-refractivity contribution in [2.24, 2.45) is 0 Å². The van der Waals surface area contributed by atoms with E-state index in [9.17, 15) is 13.2 Å². The van der Waals surface area contributed by atoms with E-state index in [-0.39, 0.29) is 30.2 Å². The smallest absolute Gasteiger partial charge is 0.430 e. The number of aryl methyl sites for hydroxylation is 1. The number of H-pyrrole nitrogens is 1. The zero-order valence-electron chi connectivity index (χ0n) is 22.0. The fraction of sp³-hybridized carbons (Fsp3) is 0.435. The Balaban J connectivity index is 0.000000479. The van der Waals surface area contributed by atoms with Crippen LogP contribution in [0.3, 0.4) is 0 Å². The molecule has 4 rings (SSSR count). The van der Waals surface area contributed by atoms with Crippen LogP contribution in [0.1, 0.15) is 54.3 Å². The number of quaternary nitrogens is 1. The summed E-state index contributed by atoms with van der Waals surface area (Å²) >= 11 is 0. The van der Waals surface area contributed by atoms with Gasteiger partial charge in [0.1, 0.15) is 11.8 Å². The van der Waals surface area contributed by atoms with Gasteiger partial charge in [0.2, 0.25) is 0 Å². The number of nitrogens with one attached hydrogen (secondary N) is 1. The molecular formula is C23H28F3N5O2. The molecule has 0 fully saturated rings. The van der Waals surface area contributed by atoms with Crippen molar-refractivity contribution in [3.63, 3.8) is 0 Å². The molecule has 0 radical (unpaired) electrons. The number of halogens is 3. The first-order valence-corrected chi connectivity index (χ1v) is 10.7. The first-order chi connectivity index (χ1) is 17.5. The van der Waals surface area contributed by atoms with Crippen LogP contribution in [-0.2, 0) is 17.8 Å². The van der Waals surface area contributed by atoms with Crippen LogP contribution in [0, 0.1) is 0 Å². The van der Waals surface area contributed by atoms with Crippen LogP contribution in [0.5, 0.6) is 0 Å². The van der Waals surface area contributed by atoms with Gasteiger partial charge in [-0.15, -0.1) is 0 Å².